The van der Waals surface area contributed by atoms with E-state index in [1.165, 1.54) is 12.8 Å². The summed E-state index contributed by atoms with van der Waals surface area (Å²) in [4.78, 5) is 4.99. The Bertz CT molecular complexity index is 374. The molecule has 3 nitrogen and oxygen atoms in total. The Hall–Kier alpha value is -0.900. The lowest BCUT2D eigenvalue weighted by atomic mass is 10.1. The van der Waals surface area contributed by atoms with E-state index in [2.05, 4.69) is 34.1 Å². The lowest BCUT2D eigenvalue weighted by molar-refractivity contribution is 0.0864. The molecule has 0 amide bonds. The fourth-order valence-electron chi connectivity index (χ4n) is 3.29. The van der Waals surface area contributed by atoms with Crippen LogP contribution < -0.4 is 0 Å². The van der Waals surface area contributed by atoms with Crippen molar-refractivity contribution in [2.45, 2.75) is 18.9 Å². The van der Waals surface area contributed by atoms with Gasteiger partial charge in [-0.1, -0.05) is 24.3 Å². The van der Waals surface area contributed by atoms with Gasteiger partial charge in [-0.05, 0) is 24.0 Å². The molecule has 1 heterocycles. The van der Waals surface area contributed by atoms with Crippen LogP contribution in [0.4, 0.5) is 0 Å². The molecule has 0 atom stereocenters. The topological polar surface area (TPSA) is 26.7 Å². The van der Waals surface area contributed by atoms with Gasteiger partial charge in [0, 0.05) is 38.8 Å². The van der Waals surface area contributed by atoms with Crippen molar-refractivity contribution in [1.82, 2.24) is 9.80 Å². The third-order valence-electron chi connectivity index (χ3n) is 4.37. The van der Waals surface area contributed by atoms with Crippen LogP contribution in [0.1, 0.15) is 11.1 Å². The molecule has 3 rings (SSSR count). The van der Waals surface area contributed by atoms with E-state index in [0.29, 0.717) is 6.04 Å². The summed E-state index contributed by atoms with van der Waals surface area (Å²) in [7, 11) is 0. The van der Waals surface area contributed by atoms with E-state index in [9.17, 15) is 0 Å². The van der Waals surface area contributed by atoms with Crippen molar-refractivity contribution in [3.63, 3.8) is 0 Å². The van der Waals surface area contributed by atoms with E-state index in [0.717, 1.165) is 32.7 Å². The van der Waals surface area contributed by atoms with Crippen molar-refractivity contribution in [3.05, 3.63) is 35.4 Å². The molecule has 98 valence electrons. The van der Waals surface area contributed by atoms with E-state index in [-0.39, 0.29) is 6.61 Å². The zero-order valence-corrected chi connectivity index (χ0v) is 10.9. The highest BCUT2D eigenvalue weighted by atomic mass is 16.3. The molecule has 0 unspecified atom stereocenters. The first-order chi connectivity index (χ1) is 8.86. The Kier molecular flexibility index (Phi) is 3.64. The second-order valence-electron chi connectivity index (χ2n) is 5.43. The van der Waals surface area contributed by atoms with Crippen molar-refractivity contribution in [2.75, 3.05) is 39.3 Å². The van der Waals surface area contributed by atoms with Crippen molar-refractivity contribution in [1.29, 1.82) is 0 Å². The van der Waals surface area contributed by atoms with Crippen LogP contribution in [-0.4, -0.2) is 60.3 Å². The second-order valence-corrected chi connectivity index (χ2v) is 5.43. The van der Waals surface area contributed by atoms with Gasteiger partial charge in [-0.3, -0.25) is 9.80 Å². The smallest absolute Gasteiger partial charge is 0.0558 e. The van der Waals surface area contributed by atoms with Gasteiger partial charge in [-0.2, -0.15) is 0 Å². The van der Waals surface area contributed by atoms with E-state index < -0.39 is 0 Å². The summed E-state index contributed by atoms with van der Waals surface area (Å²) in [6.07, 6.45) is 2.44. The highest BCUT2D eigenvalue weighted by molar-refractivity contribution is 5.33. The second kappa shape index (κ2) is 5.39. The molecule has 0 saturated carbocycles. The van der Waals surface area contributed by atoms with Crippen molar-refractivity contribution in [3.8, 4) is 0 Å². The minimum absolute atomic E-state index is 0.287. The molecule has 0 spiro atoms. The van der Waals surface area contributed by atoms with Crippen LogP contribution in [0.25, 0.3) is 0 Å². The highest BCUT2D eigenvalue weighted by Crippen LogP contribution is 2.25. The number of β-amino-alcohol motifs (C(OH)–C–C–N with tert-alkyl or cyclic N) is 1. The molecule has 0 aromatic heterocycles. The number of rotatable bonds is 3. The number of aliphatic hydroxyl groups is 1. The van der Waals surface area contributed by atoms with E-state index in [4.69, 9.17) is 5.11 Å². The van der Waals surface area contributed by atoms with Gasteiger partial charge in [-0.15, -0.1) is 0 Å². The van der Waals surface area contributed by atoms with Crippen LogP contribution in [0.3, 0.4) is 0 Å². The summed E-state index contributed by atoms with van der Waals surface area (Å²) in [5, 5.41) is 8.96. The number of benzene rings is 1. The van der Waals surface area contributed by atoms with Crippen LogP contribution in [-0.2, 0) is 12.8 Å². The van der Waals surface area contributed by atoms with E-state index >= 15 is 0 Å². The minimum Gasteiger partial charge on any atom is -0.395 e. The monoisotopic (exact) mass is 246 g/mol. The Morgan fingerprint density at radius 1 is 1.00 bits per heavy atom. The average molecular weight is 246 g/mol. The average Bonchev–Trinajstić information content (AvgIpc) is 2.84. The Balaban J connectivity index is 1.56. The molecule has 1 N–H and O–H groups in total. The van der Waals surface area contributed by atoms with Gasteiger partial charge in [0.25, 0.3) is 0 Å². The number of fused-ring (bicyclic) bond motifs is 1. The quantitative estimate of drug-likeness (QED) is 0.853. The first kappa shape index (κ1) is 12.2. The normalized spacial score (nSPS) is 22.3. The number of hydrogen-bond acceptors (Lipinski definition) is 3. The molecule has 1 saturated heterocycles. The van der Waals surface area contributed by atoms with Gasteiger partial charge in [0.05, 0.1) is 6.61 Å². The molecule has 3 heteroatoms. The first-order valence-corrected chi connectivity index (χ1v) is 7.01. The van der Waals surface area contributed by atoms with E-state index in [1.807, 2.05) is 0 Å². The summed E-state index contributed by atoms with van der Waals surface area (Å²) in [6, 6.07) is 9.56. The SMILES string of the molecule is OCCN1CCN(C2Cc3ccccc3C2)CC1. The van der Waals surface area contributed by atoms with Crippen LogP contribution >= 0.6 is 0 Å². The number of nitrogens with zero attached hydrogens (tertiary/aromatic N) is 2. The molecule has 2 aliphatic rings. The van der Waals surface area contributed by atoms with Crippen LogP contribution in [0, 0.1) is 0 Å². The predicted octanol–water partition coefficient (Wildman–Crippen LogP) is 0.764. The van der Waals surface area contributed by atoms with Gasteiger partial charge in [-0.25, -0.2) is 0 Å². The number of aliphatic hydroxyl groups excluding tert-OH is 1. The molecular weight excluding hydrogens is 224 g/mol. The van der Waals surface area contributed by atoms with Crippen LogP contribution in [0.5, 0.6) is 0 Å². The van der Waals surface area contributed by atoms with Crippen molar-refractivity contribution in [2.24, 2.45) is 0 Å². The molecule has 1 aromatic carbocycles. The molecular formula is C15H22N2O. The highest BCUT2D eigenvalue weighted by Gasteiger charge is 2.28. The minimum atomic E-state index is 0.287. The molecule has 1 fully saturated rings. The molecule has 0 radical (unpaired) electrons. The zero-order valence-electron chi connectivity index (χ0n) is 10.9. The standard InChI is InChI=1S/C15H22N2O/c18-10-9-16-5-7-17(8-6-16)15-11-13-3-1-2-4-14(13)12-15/h1-4,15,18H,5-12H2. The Morgan fingerprint density at radius 2 is 1.61 bits per heavy atom. The maximum Gasteiger partial charge on any atom is 0.0558 e. The largest absolute Gasteiger partial charge is 0.395 e. The third-order valence-corrected chi connectivity index (χ3v) is 4.37. The summed E-state index contributed by atoms with van der Waals surface area (Å²) in [5.74, 6) is 0. The lowest BCUT2D eigenvalue weighted by Gasteiger charge is -2.37. The third kappa shape index (κ3) is 2.44. The maximum atomic E-state index is 8.96. The first-order valence-electron chi connectivity index (χ1n) is 7.01. The van der Waals surface area contributed by atoms with Gasteiger partial charge < -0.3 is 5.11 Å². The molecule has 1 aromatic rings. The maximum absolute atomic E-state index is 8.96. The van der Waals surface area contributed by atoms with Crippen molar-refractivity contribution < 1.29 is 5.11 Å². The van der Waals surface area contributed by atoms with Gasteiger partial charge >= 0.3 is 0 Å². The van der Waals surface area contributed by atoms with E-state index in [1.54, 1.807) is 11.1 Å². The zero-order chi connectivity index (χ0) is 12.4. The molecule has 0 bridgehead atoms. The molecule has 1 aliphatic carbocycles. The van der Waals surface area contributed by atoms with Crippen LogP contribution in [0.2, 0.25) is 0 Å². The van der Waals surface area contributed by atoms with Crippen LogP contribution in [0.15, 0.2) is 24.3 Å². The van der Waals surface area contributed by atoms with Gasteiger partial charge in [0.1, 0.15) is 0 Å². The fraction of sp³-hybridized carbons (Fsp3) is 0.600. The Labute approximate surface area is 109 Å². The number of piperazine rings is 1. The Morgan fingerprint density at radius 3 is 2.17 bits per heavy atom. The molecule has 18 heavy (non-hydrogen) atoms. The van der Waals surface area contributed by atoms with Crippen molar-refractivity contribution >= 4 is 0 Å². The lowest BCUT2D eigenvalue weighted by Crippen LogP contribution is -2.51. The van der Waals surface area contributed by atoms with Gasteiger partial charge in [0.15, 0.2) is 0 Å². The fourth-order valence-corrected chi connectivity index (χ4v) is 3.29. The number of hydrogen-bond donors (Lipinski definition) is 1. The summed E-state index contributed by atoms with van der Waals surface area (Å²) < 4.78 is 0. The summed E-state index contributed by atoms with van der Waals surface area (Å²) >= 11 is 0. The van der Waals surface area contributed by atoms with Gasteiger partial charge in [0.2, 0.25) is 0 Å². The predicted molar refractivity (Wildman–Crippen MR) is 72.7 cm³/mol. The summed E-state index contributed by atoms with van der Waals surface area (Å²) in [6.45, 7) is 5.63. The molecule has 1 aliphatic heterocycles. The summed E-state index contributed by atoms with van der Waals surface area (Å²) in [5.41, 5.74) is 3.08.